The van der Waals surface area contributed by atoms with Crippen molar-refractivity contribution in [1.29, 1.82) is 0 Å². The third-order valence-electron chi connectivity index (χ3n) is 3.09. The second-order valence-corrected chi connectivity index (χ2v) is 19.2. The van der Waals surface area contributed by atoms with Crippen LogP contribution in [0, 0.1) is 0 Å². The molecule has 0 aliphatic carbocycles. The molecule has 0 amide bonds. The fraction of sp³-hybridized carbons (Fsp3) is 0.824. The summed E-state index contributed by atoms with van der Waals surface area (Å²) >= 11 is 0. The predicted molar refractivity (Wildman–Crippen MR) is 113 cm³/mol. The van der Waals surface area contributed by atoms with Gasteiger partial charge >= 0.3 is 5.97 Å². The zero-order valence-corrected chi connectivity index (χ0v) is 20.8. The number of esters is 1. The highest BCUT2D eigenvalue weighted by molar-refractivity contribution is 6.70. The number of carbonyl (C=O) groups is 1. The molecular formula is C17H38O6Si3. The Kier molecular flexibility index (Phi) is 12.8. The van der Waals surface area contributed by atoms with E-state index in [9.17, 15) is 9.90 Å². The Morgan fingerprint density at radius 2 is 1.69 bits per heavy atom. The lowest BCUT2D eigenvalue weighted by atomic mass is 10.4. The molecule has 0 rings (SSSR count). The summed E-state index contributed by atoms with van der Waals surface area (Å²) in [6, 6.07) is 2.19. The molecule has 0 saturated carbocycles. The summed E-state index contributed by atoms with van der Waals surface area (Å²) in [5.74, 6) is -0.536. The zero-order chi connectivity index (χ0) is 20.2. The fourth-order valence-electron chi connectivity index (χ4n) is 2.13. The van der Waals surface area contributed by atoms with Gasteiger partial charge in [-0.15, -0.1) is 0 Å². The minimum atomic E-state index is -1.61. The van der Waals surface area contributed by atoms with Crippen LogP contribution in [0.3, 0.4) is 0 Å². The summed E-state index contributed by atoms with van der Waals surface area (Å²) in [6.07, 6.45) is 1.21. The average Bonchev–Trinajstić information content (AvgIpc) is 2.48. The Balaban J connectivity index is 3.86. The van der Waals surface area contributed by atoms with Crippen LogP contribution in [0.5, 0.6) is 0 Å². The molecule has 9 heteroatoms. The minimum absolute atomic E-state index is 0.0395. The minimum Gasteiger partial charge on any atom is -0.460 e. The topological polar surface area (TPSA) is 74.2 Å². The van der Waals surface area contributed by atoms with Gasteiger partial charge in [0.2, 0.25) is 0 Å². The number of ether oxygens (including phenoxy) is 2. The Morgan fingerprint density at radius 1 is 1.12 bits per heavy atom. The molecule has 0 radical (unpaired) electrons. The van der Waals surface area contributed by atoms with E-state index >= 15 is 0 Å². The number of carbonyl (C=O) groups excluding carboxylic acids is 1. The van der Waals surface area contributed by atoms with Crippen molar-refractivity contribution in [3.05, 3.63) is 12.7 Å². The molecule has 154 valence electrons. The van der Waals surface area contributed by atoms with Crippen molar-refractivity contribution in [2.75, 3.05) is 19.8 Å². The van der Waals surface area contributed by atoms with Crippen LogP contribution in [0.25, 0.3) is 0 Å². The van der Waals surface area contributed by atoms with Crippen molar-refractivity contribution in [1.82, 2.24) is 0 Å². The molecule has 0 bridgehead atoms. The Labute approximate surface area is 163 Å². The van der Waals surface area contributed by atoms with Crippen molar-refractivity contribution in [3.63, 3.8) is 0 Å². The van der Waals surface area contributed by atoms with Gasteiger partial charge in [-0.3, -0.25) is 0 Å². The van der Waals surface area contributed by atoms with Gasteiger partial charge in [0.05, 0.1) is 6.61 Å². The van der Waals surface area contributed by atoms with Gasteiger partial charge in [-0.1, -0.05) is 12.6 Å². The summed E-state index contributed by atoms with van der Waals surface area (Å²) in [7, 11) is -3.49. The lowest BCUT2D eigenvalue weighted by Gasteiger charge is -2.31. The maximum atomic E-state index is 10.9. The van der Waals surface area contributed by atoms with E-state index in [1.54, 1.807) is 0 Å². The molecule has 0 heterocycles. The first-order valence-electron chi connectivity index (χ1n) is 9.33. The first-order chi connectivity index (χ1) is 11.9. The van der Waals surface area contributed by atoms with E-state index in [-0.39, 0.29) is 29.0 Å². The molecule has 26 heavy (non-hydrogen) atoms. The third-order valence-corrected chi connectivity index (χ3v) is 6.91. The molecule has 0 spiro atoms. The summed E-state index contributed by atoms with van der Waals surface area (Å²) in [5.41, 5.74) is 0. The smallest absolute Gasteiger partial charge is 0.330 e. The summed E-state index contributed by atoms with van der Waals surface area (Å²) < 4.78 is 22.6. The zero-order valence-electron chi connectivity index (χ0n) is 17.4. The normalized spacial score (nSPS) is 14.2. The van der Waals surface area contributed by atoms with Crippen LogP contribution < -0.4 is 0 Å². The van der Waals surface area contributed by atoms with E-state index in [0.717, 1.165) is 24.6 Å². The van der Waals surface area contributed by atoms with Crippen molar-refractivity contribution in [2.45, 2.75) is 70.2 Å². The monoisotopic (exact) mass is 422 g/mol. The lowest BCUT2D eigenvalue weighted by molar-refractivity contribution is -0.141. The van der Waals surface area contributed by atoms with Crippen molar-refractivity contribution >= 4 is 32.1 Å². The molecule has 1 atom stereocenters. The highest BCUT2D eigenvalue weighted by atomic mass is 28.4. The van der Waals surface area contributed by atoms with Crippen molar-refractivity contribution < 1.29 is 28.2 Å². The number of hydrogen-bond acceptors (Lipinski definition) is 6. The van der Waals surface area contributed by atoms with E-state index in [2.05, 4.69) is 45.9 Å². The molecule has 0 saturated heterocycles. The van der Waals surface area contributed by atoms with E-state index in [1.165, 1.54) is 0 Å². The molecule has 0 aromatic carbocycles. The van der Waals surface area contributed by atoms with Gasteiger partial charge in [-0.2, -0.15) is 0 Å². The van der Waals surface area contributed by atoms with Crippen LogP contribution in [0.15, 0.2) is 12.7 Å². The summed E-state index contributed by atoms with van der Waals surface area (Å²) in [6.45, 7) is 17.2. The summed E-state index contributed by atoms with van der Waals surface area (Å²) in [5, 5.41) is 9.63. The van der Waals surface area contributed by atoms with Gasteiger partial charge < -0.3 is 23.4 Å². The van der Waals surface area contributed by atoms with E-state index in [4.69, 9.17) is 18.3 Å². The predicted octanol–water partition coefficient (Wildman–Crippen LogP) is 2.52. The highest BCUT2D eigenvalue weighted by Gasteiger charge is 2.26. The number of aliphatic hydroxyl groups excluding tert-OH is 1. The third kappa shape index (κ3) is 17.1. The molecule has 0 aliphatic rings. The van der Waals surface area contributed by atoms with Gasteiger partial charge in [-0.25, -0.2) is 4.79 Å². The van der Waals surface area contributed by atoms with Crippen molar-refractivity contribution in [2.24, 2.45) is 0 Å². The van der Waals surface area contributed by atoms with E-state index < -0.39 is 28.7 Å². The molecule has 0 aromatic rings. The fourth-order valence-corrected chi connectivity index (χ4v) is 6.02. The number of hydrogen-bond donors (Lipinski definition) is 1. The number of aliphatic hydroxyl groups is 1. The quantitative estimate of drug-likeness (QED) is 0.144. The molecular weight excluding hydrogens is 384 g/mol. The summed E-state index contributed by atoms with van der Waals surface area (Å²) in [4.78, 5) is 10.9. The Bertz CT molecular complexity index is 390. The lowest BCUT2D eigenvalue weighted by Crippen LogP contribution is -2.40. The van der Waals surface area contributed by atoms with Crippen LogP contribution in [-0.2, 0) is 23.1 Å². The highest BCUT2D eigenvalue weighted by Crippen LogP contribution is 2.17. The molecule has 1 N–H and O–H groups in total. The van der Waals surface area contributed by atoms with E-state index in [1.807, 2.05) is 0 Å². The molecule has 0 fully saturated rings. The van der Waals surface area contributed by atoms with Crippen LogP contribution in [0.4, 0.5) is 0 Å². The first kappa shape index (κ1) is 25.7. The average molecular weight is 423 g/mol. The second kappa shape index (κ2) is 13.0. The largest absolute Gasteiger partial charge is 0.460 e. The SMILES string of the molecule is C=CC(=O)OCC(O)COCCC[SiH2]CC(O[Si](C)(C)C)O[Si](C)(C)C. The molecule has 1 unspecified atom stereocenters. The van der Waals surface area contributed by atoms with Gasteiger partial charge in [0.1, 0.15) is 19.0 Å². The Morgan fingerprint density at radius 3 is 2.19 bits per heavy atom. The first-order valence-corrected chi connectivity index (χ1v) is 18.2. The maximum Gasteiger partial charge on any atom is 0.330 e. The standard InChI is InChI=1S/C17H38O6Si3/c1-8-16(19)21-13-15(18)12-20-10-9-11-24-14-17(22-25(2,3)4)23-26(5,6)7/h8,15,17-18H,1,9-14,24H2,2-7H3. The molecule has 0 aliphatic heterocycles. The van der Waals surface area contributed by atoms with Gasteiger partial charge in [0, 0.05) is 22.2 Å². The van der Waals surface area contributed by atoms with Crippen LogP contribution in [-0.4, -0.2) is 69.4 Å². The second-order valence-electron chi connectivity index (χ2n) is 8.30. The van der Waals surface area contributed by atoms with Crippen LogP contribution in [0.1, 0.15) is 6.42 Å². The number of rotatable bonds is 15. The molecule has 0 aromatic heterocycles. The van der Waals surface area contributed by atoms with Crippen LogP contribution in [0.2, 0.25) is 51.4 Å². The van der Waals surface area contributed by atoms with E-state index in [0.29, 0.717) is 6.61 Å². The van der Waals surface area contributed by atoms with Gasteiger partial charge in [-0.05, 0) is 51.7 Å². The van der Waals surface area contributed by atoms with Gasteiger partial charge in [0.25, 0.3) is 0 Å². The van der Waals surface area contributed by atoms with Gasteiger partial charge in [0.15, 0.2) is 16.6 Å². The molecule has 6 nitrogen and oxygen atoms in total. The van der Waals surface area contributed by atoms with Crippen LogP contribution >= 0.6 is 0 Å². The van der Waals surface area contributed by atoms with Crippen molar-refractivity contribution in [3.8, 4) is 0 Å². The Hall–Kier alpha value is -0.299. The maximum absolute atomic E-state index is 10.9.